The Labute approximate surface area is 524 Å². The fourth-order valence-corrected chi connectivity index (χ4v) is 2.19. The number of ether oxygens (including phenoxy) is 3. The number of thioether (sulfide) groups is 2. The minimum Gasteiger partial charge on any atom is -0.474 e. The Morgan fingerprint density at radius 3 is 0.841 bits per heavy atom. The second-order valence-corrected chi connectivity index (χ2v) is 18.1. The normalized spacial score (nSPS) is 7.76. The molecule has 490 valence electrons. The number of nitrogens with zero attached hydrogens (tertiary/aromatic N) is 2. The van der Waals surface area contributed by atoms with Gasteiger partial charge in [-0.3, -0.25) is 24.0 Å². The molecule has 82 heavy (non-hydrogen) atoms. The van der Waals surface area contributed by atoms with E-state index in [1.807, 2.05) is 53.3 Å². The van der Waals surface area contributed by atoms with Gasteiger partial charge < -0.3 is 98.4 Å². The molecule has 32 nitrogen and oxygen atoms in total. The van der Waals surface area contributed by atoms with Crippen molar-refractivity contribution < 1.29 is 65.8 Å². The fourth-order valence-electron chi connectivity index (χ4n) is 1.58. The van der Waals surface area contributed by atoms with E-state index in [1.54, 1.807) is 88.5 Å². The van der Waals surface area contributed by atoms with Crippen LogP contribution in [0.5, 0.6) is 0 Å². The summed E-state index contributed by atoms with van der Waals surface area (Å²) in [5.74, 6) is -2.59. The number of likely N-dealkylation sites (N-methyl/N-ethyl adjacent to an activating group) is 2. The topological polar surface area (TPSA) is 414 Å². The molecule has 0 fully saturated rings. The third-order valence-electron chi connectivity index (χ3n) is 6.09. The Bertz CT molecular complexity index is 1600. The summed E-state index contributed by atoms with van der Waals surface area (Å²) in [5, 5.41) is 36.9. The quantitative estimate of drug-likeness (QED) is 0.0829. The van der Waals surface area contributed by atoms with Gasteiger partial charge >= 0.3 is 30.0 Å². The molecule has 40 heteroatoms. The monoisotopic (exact) mass is 1340 g/mol. The predicted molar refractivity (Wildman–Crippen MR) is 356 cm³/mol. The van der Waals surface area contributed by atoms with Crippen LogP contribution < -0.4 is 83.9 Å². The predicted octanol–water partition coefficient (Wildman–Crippen LogP) is -1.95. The maximum absolute atomic E-state index is 10.3. The molecular formula is C42H100N18O14S8. The van der Waals surface area contributed by atoms with E-state index in [2.05, 4.69) is 135 Å². The number of amides is 9. The largest absolute Gasteiger partial charge is 0.474 e. The van der Waals surface area contributed by atoms with Gasteiger partial charge in [0.05, 0.1) is 26.3 Å². The van der Waals surface area contributed by atoms with Crippen molar-refractivity contribution in [2.45, 2.75) is 20.8 Å². The lowest BCUT2D eigenvalue weighted by molar-refractivity contribution is -0.152. The van der Waals surface area contributed by atoms with Crippen molar-refractivity contribution in [1.29, 1.82) is 0 Å². The highest BCUT2D eigenvalue weighted by Crippen LogP contribution is 1.90. The number of thiocarbonyl (C=S) groups is 5. The zero-order valence-corrected chi connectivity index (χ0v) is 59.4. The van der Waals surface area contributed by atoms with Crippen LogP contribution in [0.4, 0.5) is 19.2 Å². The van der Waals surface area contributed by atoms with E-state index in [0.717, 1.165) is 21.5 Å². The molecule has 0 bridgehead atoms. The molecule has 0 unspecified atom stereocenters. The lowest BCUT2D eigenvalue weighted by Gasteiger charge is -2.11. The Kier molecular flexibility index (Phi) is 114. The van der Waals surface area contributed by atoms with E-state index in [9.17, 15) is 51.6 Å². The van der Waals surface area contributed by atoms with Gasteiger partial charge in [0.1, 0.15) is 4.32 Å². The Balaban J connectivity index is -0.0000000573. The Morgan fingerprint density at radius 2 is 0.829 bits per heavy atom. The summed E-state index contributed by atoms with van der Waals surface area (Å²) in [5.41, 5.74) is 0. The summed E-state index contributed by atoms with van der Waals surface area (Å²) in [6.07, 6.45) is 3.27. The number of carbonyl (C=O) groups excluding carboxylic acids is 9. The van der Waals surface area contributed by atoms with E-state index in [4.69, 9.17) is 24.4 Å². The van der Waals surface area contributed by atoms with Gasteiger partial charge in [-0.2, -0.15) is 8.42 Å². The average molecular weight is 1340 g/mol. The van der Waals surface area contributed by atoms with Crippen LogP contribution in [0.1, 0.15) is 20.8 Å². The van der Waals surface area contributed by atoms with Crippen LogP contribution >= 0.6 is 84.6 Å². The highest BCUT2D eigenvalue weighted by Gasteiger charge is 2.08. The molecule has 0 spiro atoms. The molecule has 9 amide bonds. The van der Waals surface area contributed by atoms with Gasteiger partial charge in [0.2, 0.25) is 11.7 Å². The maximum Gasteiger partial charge on any atom is 0.406 e. The van der Waals surface area contributed by atoms with E-state index in [0.29, 0.717) is 10.3 Å². The first-order valence-electron chi connectivity index (χ1n) is 22.4. The summed E-state index contributed by atoms with van der Waals surface area (Å²) in [6, 6.07) is -0.227. The summed E-state index contributed by atoms with van der Waals surface area (Å²) in [4.78, 5) is 94.3. The van der Waals surface area contributed by atoms with Gasteiger partial charge in [0.25, 0.3) is 26.5 Å². The first-order chi connectivity index (χ1) is 37.8. The number of carbonyl (C=O) groups is 9. The van der Waals surface area contributed by atoms with Crippen molar-refractivity contribution in [3.63, 3.8) is 0 Å². The van der Waals surface area contributed by atoms with Gasteiger partial charge in [-0.25, -0.2) is 28.6 Å². The molecule has 0 saturated heterocycles. The standard InChI is InChI=1S/C4H10N2O.C4H10N2S.C4H7NO3.C4H7NO2.C3H8N2O.C3H8N2S.C3H7NO2.2C3H7NOS.C3H7NO.C3H7NS2.C3H7NS.C2H8N2O2S/c2*1-5-4(7)6(2)3;1-5-3(6)4(7)8-2;1-3(6)4(7)5-2;2*1-4-3(6)5-2;2*1-4-3(5)6-2;1-4-3(6)5-2;1-3(5)4-2;1-4-3(5)6-2;1-3(5)4-2;1-3-7(5,6)4-2/h2*1-3H3,(H,5,7);1-2H3,(H,5,6);1-2H3,(H,5,7);2*1-2H3,(H2,4,5,6);2*1-2H3,(H,4,5);1-2H3,(H,4,6);1-2H3,(H,4,5);1-2H3,(H,4,5);1-2H3,(H,4,5);3-4H,1-2H3. The van der Waals surface area contributed by atoms with Crippen molar-refractivity contribution in [3.8, 4) is 0 Å². The molecule has 0 aliphatic heterocycles. The molecule has 0 aliphatic carbocycles. The van der Waals surface area contributed by atoms with Gasteiger partial charge in [-0.05, 0) is 56.1 Å². The number of methoxy groups -OCH3 is 3. The summed E-state index contributed by atoms with van der Waals surface area (Å²) < 4.78 is 38.0. The highest BCUT2D eigenvalue weighted by molar-refractivity contribution is 8.22. The van der Waals surface area contributed by atoms with Crippen LogP contribution in [0.25, 0.3) is 0 Å². The lowest BCUT2D eigenvalue weighted by Crippen LogP contribution is -2.31. The Morgan fingerprint density at radius 1 is 0.439 bits per heavy atom. The van der Waals surface area contributed by atoms with Crippen LogP contribution in [0.2, 0.25) is 0 Å². The zero-order valence-electron chi connectivity index (χ0n) is 52.9. The molecule has 0 aromatic carbocycles. The van der Waals surface area contributed by atoms with E-state index in [-0.39, 0.29) is 23.2 Å². The van der Waals surface area contributed by atoms with Crippen molar-refractivity contribution >= 4 is 172 Å². The average Bonchev–Trinajstić information content (AvgIpc) is 3.49. The number of Topliss-reactive ketones (excluding diaryl/α,β-unsaturated/α-hetero) is 1. The zero-order chi connectivity index (χ0) is 68.6. The van der Waals surface area contributed by atoms with Gasteiger partial charge in [0.15, 0.2) is 10.2 Å². The molecule has 0 aromatic rings. The molecular weight excluding hydrogens is 1240 g/mol. The Hall–Kier alpha value is -5.75. The van der Waals surface area contributed by atoms with Gasteiger partial charge in [-0.15, -0.1) is 11.8 Å². The third kappa shape index (κ3) is 135. The number of ketones is 1. The number of alkyl carbamates (subject to hydrolysis) is 1. The number of urea groups is 2. The van der Waals surface area contributed by atoms with Crippen LogP contribution in [0.15, 0.2) is 0 Å². The fraction of sp³-hybridized carbons (Fsp3) is 0.667. The molecule has 0 radical (unpaired) electrons. The van der Waals surface area contributed by atoms with Crippen LogP contribution in [-0.2, 0) is 48.4 Å². The minimum absolute atomic E-state index is 0.00463. The molecule has 0 rings (SSSR count). The first kappa shape index (κ1) is 108. The van der Waals surface area contributed by atoms with Crippen molar-refractivity contribution in [3.05, 3.63) is 0 Å². The SMILES string of the molecule is CNC(=O)C(=O)OC.CNC(=O)C(C)=O.CNC(=O)N(C)C.CNC(=O)NC.CNC(=O)OC.CNC(=O)SC.CNC(=S)N(C)C.CNC(=S)NC.CNC(=S)OC.CNC(=S)SC.CNC(C)=O.CNC(C)=S.CNS(=O)(=O)NC. The van der Waals surface area contributed by atoms with Crippen molar-refractivity contribution in [2.24, 2.45) is 0 Å². The first-order valence-corrected chi connectivity index (χ1v) is 28.4. The number of rotatable bonds is 3. The number of nitrogens with one attached hydrogen (secondary N) is 16. The summed E-state index contributed by atoms with van der Waals surface area (Å²) >= 11 is 26.0. The van der Waals surface area contributed by atoms with Crippen molar-refractivity contribution in [1.82, 2.24) is 93.7 Å². The second kappa shape index (κ2) is 86.5. The summed E-state index contributed by atoms with van der Waals surface area (Å²) in [6.45, 7) is 4.54. The smallest absolute Gasteiger partial charge is 0.406 e. The molecule has 16 N–H and O–H groups in total. The number of hydrogen-bond acceptors (Lipinski definition) is 21. The van der Waals surface area contributed by atoms with Crippen molar-refractivity contribution in [2.75, 3.05) is 175 Å². The molecule has 0 atom stereocenters. The van der Waals surface area contributed by atoms with E-state index < -0.39 is 39.9 Å². The van der Waals surface area contributed by atoms with Gasteiger partial charge in [-0.1, -0.05) is 36.2 Å². The number of esters is 1. The van der Waals surface area contributed by atoms with Crippen LogP contribution in [0.3, 0.4) is 0 Å². The van der Waals surface area contributed by atoms with Gasteiger partial charge in [0, 0.05) is 155 Å². The molecule has 0 aliphatic rings. The highest BCUT2D eigenvalue weighted by atomic mass is 32.2. The van der Waals surface area contributed by atoms with E-state index >= 15 is 0 Å². The third-order valence-corrected chi connectivity index (χ3v) is 10.6. The molecule has 0 aromatic heterocycles. The molecule has 0 saturated carbocycles. The molecule has 0 heterocycles. The maximum atomic E-state index is 10.3. The lowest BCUT2D eigenvalue weighted by atomic mass is 10.4. The minimum atomic E-state index is -3.16. The number of hydrogen-bond donors (Lipinski definition) is 16. The second-order valence-electron chi connectivity index (χ2n) is 12.3. The van der Waals surface area contributed by atoms with Crippen LogP contribution in [-0.4, -0.2) is 271 Å². The van der Waals surface area contributed by atoms with E-state index in [1.165, 1.54) is 80.0 Å². The van der Waals surface area contributed by atoms with Crippen LogP contribution in [0, 0.1) is 0 Å². The summed E-state index contributed by atoms with van der Waals surface area (Å²) in [7, 11) is 33.6.